The molecule has 18 heavy (non-hydrogen) atoms. The molecule has 0 amide bonds. The molecule has 1 saturated carbocycles. The van der Waals surface area contributed by atoms with E-state index in [0.717, 1.165) is 23.9 Å². The number of nitrogens with one attached hydrogen (secondary N) is 1. The van der Waals surface area contributed by atoms with Gasteiger partial charge in [-0.25, -0.2) is 4.98 Å². The van der Waals surface area contributed by atoms with Gasteiger partial charge in [-0.1, -0.05) is 19.3 Å². The van der Waals surface area contributed by atoms with Crippen LogP contribution in [0.4, 0.5) is 11.8 Å². The van der Waals surface area contributed by atoms with Gasteiger partial charge in [0.25, 0.3) is 0 Å². The third kappa shape index (κ3) is 2.92. The molecule has 2 rings (SSSR count). The van der Waals surface area contributed by atoms with Crippen LogP contribution in [0.25, 0.3) is 0 Å². The van der Waals surface area contributed by atoms with Gasteiger partial charge in [0.1, 0.15) is 5.82 Å². The molecule has 1 fully saturated rings. The van der Waals surface area contributed by atoms with Crippen LogP contribution in [0.15, 0.2) is 6.20 Å². The summed E-state index contributed by atoms with van der Waals surface area (Å²) >= 11 is 0. The molecule has 0 unspecified atom stereocenters. The maximum atomic E-state index is 4.64. The summed E-state index contributed by atoms with van der Waals surface area (Å²) < 4.78 is 0. The van der Waals surface area contributed by atoms with Crippen molar-refractivity contribution in [2.45, 2.75) is 52.0 Å². The van der Waals surface area contributed by atoms with Crippen molar-refractivity contribution in [3.63, 3.8) is 0 Å². The lowest BCUT2D eigenvalue weighted by molar-refractivity contribution is 0.425. The fourth-order valence-corrected chi connectivity index (χ4v) is 2.67. The van der Waals surface area contributed by atoms with Crippen molar-refractivity contribution < 1.29 is 0 Å². The van der Waals surface area contributed by atoms with Crippen LogP contribution in [0, 0.1) is 6.92 Å². The zero-order valence-electron chi connectivity index (χ0n) is 11.7. The van der Waals surface area contributed by atoms with Gasteiger partial charge in [-0.3, -0.25) is 0 Å². The summed E-state index contributed by atoms with van der Waals surface area (Å²) in [7, 11) is 2.17. The van der Waals surface area contributed by atoms with E-state index in [1.54, 1.807) is 0 Å². The van der Waals surface area contributed by atoms with E-state index in [2.05, 4.69) is 41.1 Å². The molecule has 1 aliphatic carbocycles. The second kappa shape index (κ2) is 6.03. The zero-order chi connectivity index (χ0) is 13.0. The maximum Gasteiger partial charge on any atom is 0.224 e. The average Bonchev–Trinajstić information content (AvgIpc) is 2.41. The summed E-state index contributed by atoms with van der Waals surface area (Å²) in [6.07, 6.45) is 8.57. The molecule has 0 atom stereocenters. The monoisotopic (exact) mass is 248 g/mol. The van der Waals surface area contributed by atoms with Gasteiger partial charge >= 0.3 is 0 Å². The molecule has 100 valence electrons. The van der Waals surface area contributed by atoms with Crippen LogP contribution in [0.3, 0.4) is 0 Å². The Hall–Kier alpha value is -1.32. The van der Waals surface area contributed by atoms with Crippen molar-refractivity contribution in [2.75, 3.05) is 23.8 Å². The number of anilines is 2. The van der Waals surface area contributed by atoms with Crippen LogP contribution in [-0.4, -0.2) is 29.6 Å². The number of hydrogen-bond acceptors (Lipinski definition) is 4. The van der Waals surface area contributed by atoms with E-state index in [1.165, 1.54) is 32.1 Å². The first kappa shape index (κ1) is 13.1. The minimum atomic E-state index is 0.641. The Bertz CT molecular complexity index is 385. The topological polar surface area (TPSA) is 41.1 Å². The molecule has 1 N–H and O–H groups in total. The SMILES string of the molecule is CCNc1ncc(C)c(N(C)C2CCCCC2)n1. The van der Waals surface area contributed by atoms with Gasteiger partial charge in [0.05, 0.1) is 0 Å². The van der Waals surface area contributed by atoms with E-state index < -0.39 is 0 Å². The number of aryl methyl sites for hydroxylation is 1. The van der Waals surface area contributed by atoms with Gasteiger partial charge in [0, 0.05) is 31.4 Å². The highest BCUT2D eigenvalue weighted by atomic mass is 15.2. The van der Waals surface area contributed by atoms with Gasteiger partial charge in [0.2, 0.25) is 5.95 Å². The fourth-order valence-electron chi connectivity index (χ4n) is 2.67. The summed E-state index contributed by atoms with van der Waals surface area (Å²) in [6.45, 7) is 5.01. The molecule has 1 heterocycles. The van der Waals surface area contributed by atoms with E-state index in [-0.39, 0.29) is 0 Å². The van der Waals surface area contributed by atoms with Crippen LogP contribution in [-0.2, 0) is 0 Å². The van der Waals surface area contributed by atoms with Gasteiger partial charge in [-0.15, -0.1) is 0 Å². The molecular weight excluding hydrogens is 224 g/mol. The van der Waals surface area contributed by atoms with E-state index >= 15 is 0 Å². The Kier molecular flexibility index (Phi) is 4.39. The van der Waals surface area contributed by atoms with Crippen molar-refractivity contribution in [3.8, 4) is 0 Å². The van der Waals surface area contributed by atoms with Crippen LogP contribution < -0.4 is 10.2 Å². The minimum absolute atomic E-state index is 0.641. The number of aromatic nitrogens is 2. The summed E-state index contributed by atoms with van der Waals surface area (Å²) in [4.78, 5) is 11.3. The van der Waals surface area contributed by atoms with Crippen molar-refractivity contribution in [1.29, 1.82) is 0 Å². The Morgan fingerprint density at radius 3 is 2.72 bits per heavy atom. The van der Waals surface area contributed by atoms with Gasteiger partial charge < -0.3 is 10.2 Å². The average molecular weight is 248 g/mol. The minimum Gasteiger partial charge on any atom is -0.356 e. The number of nitrogens with zero attached hydrogens (tertiary/aromatic N) is 3. The van der Waals surface area contributed by atoms with Crippen molar-refractivity contribution in [2.24, 2.45) is 0 Å². The third-order valence-corrected chi connectivity index (χ3v) is 3.74. The quantitative estimate of drug-likeness (QED) is 0.889. The Morgan fingerprint density at radius 2 is 2.06 bits per heavy atom. The summed E-state index contributed by atoms with van der Waals surface area (Å²) in [6, 6.07) is 0.641. The van der Waals surface area contributed by atoms with Crippen molar-refractivity contribution in [1.82, 2.24) is 9.97 Å². The van der Waals surface area contributed by atoms with Gasteiger partial charge in [-0.2, -0.15) is 4.98 Å². The van der Waals surface area contributed by atoms with Crippen LogP contribution in [0.2, 0.25) is 0 Å². The Labute approximate surface area is 110 Å². The maximum absolute atomic E-state index is 4.64. The Balaban J connectivity index is 2.16. The first-order valence-corrected chi connectivity index (χ1v) is 7.02. The first-order valence-electron chi connectivity index (χ1n) is 7.02. The molecule has 0 aromatic carbocycles. The standard InChI is InChI=1S/C14H24N4/c1-4-15-14-16-10-11(2)13(17-14)18(3)12-8-6-5-7-9-12/h10,12H,4-9H2,1-3H3,(H,15,16,17). The molecule has 1 aliphatic rings. The molecule has 0 radical (unpaired) electrons. The highest BCUT2D eigenvalue weighted by Gasteiger charge is 2.20. The molecule has 1 aromatic heterocycles. The largest absolute Gasteiger partial charge is 0.356 e. The van der Waals surface area contributed by atoms with E-state index in [4.69, 9.17) is 0 Å². The van der Waals surface area contributed by atoms with Crippen LogP contribution >= 0.6 is 0 Å². The zero-order valence-corrected chi connectivity index (χ0v) is 11.7. The van der Waals surface area contributed by atoms with Gasteiger partial charge in [0.15, 0.2) is 0 Å². The highest BCUT2D eigenvalue weighted by molar-refractivity contribution is 5.49. The molecule has 4 heteroatoms. The molecule has 4 nitrogen and oxygen atoms in total. The fraction of sp³-hybridized carbons (Fsp3) is 0.714. The van der Waals surface area contributed by atoms with Crippen molar-refractivity contribution in [3.05, 3.63) is 11.8 Å². The second-order valence-corrected chi connectivity index (χ2v) is 5.13. The molecule has 1 aromatic rings. The summed E-state index contributed by atoms with van der Waals surface area (Å²) in [5.74, 6) is 1.81. The van der Waals surface area contributed by atoms with E-state index in [1.807, 2.05) is 6.20 Å². The first-order chi connectivity index (χ1) is 8.72. The van der Waals surface area contributed by atoms with Crippen LogP contribution in [0.5, 0.6) is 0 Å². The smallest absolute Gasteiger partial charge is 0.224 e. The lowest BCUT2D eigenvalue weighted by Crippen LogP contribution is -2.34. The van der Waals surface area contributed by atoms with E-state index in [9.17, 15) is 0 Å². The van der Waals surface area contributed by atoms with Crippen molar-refractivity contribution >= 4 is 11.8 Å². The molecule has 0 saturated heterocycles. The van der Waals surface area contributed by atoms with E-state index in [0.29, 0.717) is 6.04 Å². The lowest BCUT2D eigenvalue weighted by atomic mass is 9.94. The predicted molar refractivity (Wildman–Crippen MR) is 76.2 cm³/mol. The molecular formula is C14H24N4. The molecule has 0 spiro atoms. The predicted octanol–water partition coefficient (Wildman–Crippen LogP) is 2.99. The molecule has 0 aliphatic heterocycles. The second-order valence-electron chi connectivity index (χ2n) is 5.13. The summed E-state index contributed by atoms with van der Waals surface area (Å²) in [5, 5.41) is 3.18. The molecule has 0 bridgehead atoms. The summed E-state index contributed by atoms with van der Waals surface area (Å²) in [5.41, 5.74) is 1.16. The number of hydrogen-bond donors (Lipinski definition) is 1. The third-order valence-electron chi connectivity index (χ3n) is 3.74. The highest BCUT2D eigenvalue weighted by Crippen LogP contribution is 2.27. The van der Waals surface area contributed by atoms with Crippen LogP contribution in [0.1, 0.15) is 44.6 Å². The normalized spacial score (nSPS) is 16.6. The lowest BCUT2D eigenvalue weighted by Gasteiger charge is -2.33. The number of rotatable bonds is 4. The Morgan fingerprint density at radius 1 is 1.33 bits per heavy atom. The van der Waals surface area contributed by atoms with Gasteiger partial charge in [-0.05, 0) is 26.7 Å².